The number of primary amides is 1. The predicted octanol–water partition coefficient (Wildman–Crippen LogP) is 2.64. The third-order valence-electron chi connectivity index (χ3n) is 2.77. The molecule has 0 bridgehead atoms. The van der Waals surface area contributed by atoms with E-state index in [1.807, 2.05) is 0 Å². The van der Waals surface area contributed by atoms with Gasteiger partial charge < -0.3 is 5.73 Å². The molecule has 2 amide bonds. The normalized spacial score (nSPS) is 18.6. The number of Topliss-reactive ketones (excluding diaryl/α,β-unsaturated/α-hetero) is 1. The Bertz CT molecular complexity index is 1010. The molecule has 3 rings (SSSR count). The van der Waals surface area contributed by atoms with E-state index in [0.29, 0.717) is 4.90 Å². The van der Waals surface area contributed by atoms with Crippen molar-refractivity contribution in [2.75, 3.05) is 4.90 Å². The molecule has 0 aromatic heterocycles. The average Bonchev–Trinajstić information content (AvgIpc) is 2.70. The van der Waals surface area contributed by atoms with Crippen LogP contribution in [0.1, 0.15) is 25.5 Å². The van der Waals surface area contributed by atoms with Crippen LogP contribution < -0.4 is 10.6 Å². The molecule has 0 saturated heterocycles. The Morgan fingerprint density at radius 1 is 1.16 bits per heavy atom. The summed E-state index contributed by atoms with van der Waals surface area (Å²) in [4.78, 5) is 25.5. The molecule has 19 heavy (non-hydrogen) atoms. The molecule has 0 aliphatic carbocycles. The molecule has 0 fully saturated rings. The van der Waals surface area contributed by atoms with E-state index in [2.05, 4.69) is 0 Å². The largest absolute Gasteiger partial charge is 0.351 e. The summed E-state index contributed by atoms with van der Waals surface area (Å²) in [5.41, 5.74) is 4.43. The summed E-state index contributed by atoms with van der Waals surface area (Å²) >= 11 is 0. The van der Waals surface area contributed by atoms with Gasteiger partial charge in [-0.05, 0) is 23.7 Å². The summed E-state index contributed by atoms with van der Waals surface area (Å²) in [6.45, 7) is 0. The van der Waals surface area contributed by atoms with Crippen molar-refractivity contribution in [1.29, 1.82) is 0 Å². The second-order valence-electron chi connectivity index (χ2n) is 3.90. The van der Waals surface area contributed by atoms with Gasteiger partial charge >= 0.3 is 6.03 Å². The number of ketones is 1. The fourth-order valence-electron chi connectivity index (χ4n) is 1.98. The highest BCUT2D eigenvalue weighted by Crippen LogP contribution is 2.35. The van der Waals surface area contributed by atoms with Crippen LogP contribution in [0.25, 0.3) is 0 Å². The number of hydrogen-bond donors (Lipinski definition) is 1. The maximum atomic E-state index is 12.7. The zero-order valence-corrected chi connectivity index (χ0v) is 9.63. The zero-order chi connectivity index (χ0) is 19.5. The third-order valence-corrected chi connectivity index (χ3v) is 2.77. The highest BCUT2D eigenvalue weighted by atomic mass is 16.2. The summed E-state index contributed by atoms with van der Waals surface area (Å²) in [6.07, 6.45) is -0.494. The Balaban J connectivity index is 2.51. The number of para-hydroxylation sites is 2. The molecule has 0 radical (unpaired) electrons. The minimum atomic E-state index is -1.14. The van der Waals surface area contributed by atoms with Gasteiger partial charge in [0.15, 0.2) is 5.78 Å². The fourth-order valence-corrected chi connectivity index (χ4v) is 1.98. The standard InChI is InChI=1S/C15H12N2O2/c16-15(19)17-12-7-3-1-5-10(12)9-14(18)11-6-2-4-8-13(11)17/h1-8H,9H2,(H2,16,19)/i1D,2D,3D,4D,5D,6D,7D. The summed E-state index contributed by atoms with van der Waals surface area (Å²) < 4.78 is 55.2. The first kappa shape index (κ1) is 6.02. The number of amides is 2. The lowest BCUT2D eigenvalue weighted by atomic mass is 10.0. The van der Waals surface area contributed by atoms with Gasteiger partial charge in [-0.15, -0.1) is 0 Å². The van der Waals surface area contributed by atoms with E-state index in [-0.39, 0.29) is 22.5 Å². The van der Waals surface area contributed by atoms with Crippen molar-refractivity contribution in [3.8, 4) is 0 Å². The Morgan fingerprint density at radius 3 is 2.68 bits per heavy atom. The van der Waals surface area contributed by atoms with Crippen molar-refractivity contribution >= 4 is 23.2 Å². The monoisotopic (exact) mass is 259 g/mol. The smallest absolute Gasteiger partial charge is 0.323 e. The van der Waals surface area contributed by atoms with Gasteiger partial charge in [-0.3, -0.25) is 9.69 Å². The molecule has 0 saturated carbocycles. The molecule has 0 atom stereocenters. The van der Waals surface area contributed by atoms with Crippen molar-refractivity contribution in [3.63, 3.8) is 0 Å². The SMILES string of the molecule is [2H]c1cc2c(c([2H])c1[2H])C(=O)Cc1c([2H])c([2H])c([2H])c([2H])c1N2C(N)=O. The van der Waals surface area contributed by atoms with Crippen LogP contribution in [0.5, 0.6) is 0 Å². The van der Waals surface area contributed by atoms with Gasteiger partial charge in [-0.25, -0.2) is 4.79 Å². The molecule has 1 heterocycles. The Kier molecular flexibility index (Phi) is 1.34. The van der Waals surface area contributed by atoms with E-state index in [4.69, 9.17) is 15.3 Å². The first-order valence-electron chi connectivity index (χ1n) is 8.90. The van der Waals surface area contributed by atoms with Crippen molar-refractivity contribution in [3.05, 3.63) is 59.5 Å². The lowest BCUT2D eigenvalue weighted by Crippen LogP contribution is -2.32. The minimum absolute atomic E-state index is 0.131. The number of fused-ring (bicyclic) bond motifs is 2. The van der Waals surface area contributed by atoms with Crippen molar-refractivity contribution in [2.24, 2.45) is 5.73 Å². The molecule has 94 valence electrons. The van der Waals surface area contributed by atoms with E-state index >= 15 is 0 Å². The van der Waals surface area contributed by atoms with Crippen LogP contribution in [-0.2, 0) is 6.42 Å². The van der Waals surface area contributed by atoms with Crippen LogP contribution in [0.3, 0.4) is 0 Å². The number of carbonyl (C=O) groups excluding carboxylic acids is 2. The van der Waals surface area contributed by atoms with Crippen LogP contribution in [0, 0.1) is 0 Å². The predicted molar refractivity (Wildman–Crippen MR) is 72.6 cm³/mol. The maximum absolute atomic E-state index is 12.7. The van der Waals surface area contributed by atoms with Gasteiger partial charge in [0.05, 0.1) is 21.0 Å². The number of anilines is 2. The van der Waals surface area contributed by atoms with Gasteiger partial charge in [0.1, 0.15) is 0 Å². The molecular formula is C15H12N2O2. The molecule has 4 heteroatoms. The number of carbonyl (C=O) groups is 2. The number of rotatable bonds is 0. The Labute approximate surface area is 120 Å². The lowest BCUT2D eigenvalue weighted by Gasteiger charge is -2.22. The van der Waals surface area contributed by atoms with Crippen molar-refractivity contribution < 1.29 is 19.2 Å². The second kappa shape index (κ2) is 4.24. The van der Waals surface area contributed by atoms with Crippen molar-refractivity contribution in [2.45, 2.75) is 6.42 Å². The summed E-state index contributed by atoms with van der Waals surface area (Å²) in [5.74, 6) is -0.700. The quantitative estimate of drug-likeness (QED) is 0.790. The molecule has 1 aliphatic heterocycles. The second-order valence-corrected chi connectivity index (χ2v) is 3.90. The maximum Gasteiger partial charge on any atom is 0.323 e. The zero-order valence-electron chi connectivity index (χ0n) is 16.6. The average molecular weight is 259 g/mol. The summed E-state index contributed by atoms with van der Waals surface area (Å²) in [5, 5.41) is 0. The van der Waals surface area contributed by atoms with Gasteiger partial charge in [-0.1, -0.05) is 30.2 Å². The molecule has 0 unspecified atom stereocenters. The number of urea groups is 1. The highest BCUT2D eigenvalue weighted by molar-refractivity contribution is 6.11. The van der Waals surface area contributed by atoms with Crippen LogP contribution in [0.4, 0.5) is 16.2 Å². The van der Waals surface area contributed by atoms with Gasteiger partial charge in [0.25, 0.3) is 0 Å². The van der Waals surface area contributed by atoms with Gasteiger partial charge in [0.2, 0.25) is 0 Å². The first-order chi connectivity index (χ1) is 12.1. The first-order valence-corrected chi connectivity index (χ1v) is 5.40. The lowest BCUT2D eigenvalue weighted by molar-refractivity contribution is 0.0994. The van der Waals surface area contributed by atoms with Gasteiger partial charge in [-0.2, -0.15) is 0 Å². The Hall–Kier alpha value is -2.62. The fraction of sp³-hybridized carbons (Fsp3) is 0.0667. The molecule has 2 N–H and O–H groups in total. The van der Waals surface area contributed by atoms with Crippen LogP contribution in [-0.4, -0.2) is 11.8 Å². The Morgan fingerprint density at radius 2 is 1.89 bits per heavy atom. The van der Waals surface area contributed by atoms with Crippen LogP contribution >= 0.6 is 0 Å². The topological polar surface area (TPSA) is 63.4 Å². The van der Waals surface area contributed by atoms with Crippen LogP contribution in [0.2, 0.25) is 0 Å². The highest BCUT2D eigenvalue weighted by Gasteiger charge is 2.27. The van der Waals surface area contributed by atoms with E-state index in [1.165, 1.54) is 0 Å². The van der Waals surface area contributed by atoms with Gasteiger partial charge in [0, 0.05) is 12.0 Å². The number of benzene rings is 2. The van der Waals surface area contributed by atoms with E-state index < -0.39 is 60.5 Å². The minimum Gasteiger partial charge on any atom is -0.351 e. The van der Waals surface area contributed by atoms with Crippen molar-refractivity contribution in [1.82, 2.24) is 0 Å². The number of nitrogens with zero attached hydrogens (tertiary/aromatic N) is 1. The summed E-state index contributed by atoms with van der Waals surface area (Å²) in [7, 11) is 0. The van der Waals surface area contributed by atoms with E-state index in [1.54, 1.807) is 0 Å². The molecule has 0 spiro atoms. The van der Waals surface area contributed by atoms with E-state index in [0.717, 1.165) is 6.07 Å². The molecule has 4 nitrogen and oxygen atoms in total. The number of hydrogen-bond acceptors (Lipinski definition) is 2. The van der Waals surface area contributed by atoms with E-state index in [9.17, 15) is 9.59 Å². The number of nitrogens with two attached hydrogens (primary N) is 1. The summed E-state index contributed by atoms with van der Waals surface area (Å²) in [6, 6.07) is -3.82. The third kappa shape index (κ3) is 1.78. The molecular weight excluding hydrogens is 240 g/mol. The van der Waals surface area contributed by atoms with Crippen LogP contribution in [0.15, 0.2) is 48.4 Å². The molecule has 2 aromatic rings. The molecule has 2 aromatic carbocycles. The molecule has 1 aliphatic rings.